The van der Waals surface area contributed by atoms with Crippen LogP contribution < -0.4 is 5.32 Å². The maximum Gasteiger partial charge on any atom is 0.320 e. The topological polar surface area (TPSA) is 247 Å². The number of rotatable bonds is 19. The van der Waals surface area contributed by atoms with Crippen molar-refractivity contribution in [1.82, 2.24) is 15.1 Å². The number of aliphatic hydroxyl groups is 4. The summed E-state index contributed by atoms with van der Waals surface area (Å²) >= 11 is 0. The van der Waals surface area contributed by atoms with E-state index in [-0.39, 0.29) is 82.9 Å². The quantitative estimate of drug-likeness (QED) is 0.0941. The van der Waals surface area contributed by atoms with E-state index in [4.69, 9.17) is 14.6 Å². The van der Waals surface area contributed by atoms with Crippen LogP contribution in [0.25, 0.3) is 0 Å². The average molecular weight is 804 g/mol. The van der Waals surface area contributed by atoms with E-state index in [0.29, 0.717) is 22.3 Å². The fraction of sp³-hybridized carbons (Fsp3) is 0.610. The summed E-state index contributed by atoms with van der Waals surface area (Å²) in [5.41, 5.74) is 0.729. The second-order valence-electron chi connectivity index (χ2n) is 16.7. The summed E-state index contributed by atoms with van der Waals surface area (Å²) < 4.78 is 11.2. The predicted octanol–water partition coefficient (Wildman–Crippen LogP) is 1.61. The van der Waals surface area contributed by atoms with Crippen LogP contribution in [0.3, 0.4) is 0 Å². The number of benzene rings is 2. The number of carboxylic acids is 1. The molecule has 2 aromatic rings. The molecule has 0 heterocycles. The third kappa shape index (κ3) is 16.2. The maximum atomic E-state index is 13.1. The van der Waals surface area contributed by atoms with Crippen molar-refractivity contribution in [1.29, 1.82) is 0 Å². The van der Waals surface area contributed by atoms with Crippen molar-refractivity contribution in [3.05, 3.63) is 58.7 Å². The molecule has 2 aromatic carbocycles. The number of aliphatic hydroxyl groups excluding tert-OH is 4. The van der Waals surface area contributed by atoms with Crippen LogP contribution in [0.5, 0.6) is 11.5 Å². The van der Waals surface area contributed by atoms with Crippen LogP contribution in [-0.2, 0) is 54.6 Å². The van der Waals surface area contributed by atoms with Crippen LogP contribution in [0.15, 0.2) is 36.4 Å². The Morgan fingerprint density at radius 3 is 1.61 bits per heavy atom. The fourth-order valence-corrected chi connectivity index (χ4v) is 6.59. The molecule has 16 nitrogen and oxygen atoms in total. The lowest BCUT2D eigenvalue weighted by Crippen LogP contribution is -2.61. The molecule has 16 heteroatoms. The van der Waals surface area contributed by atoms with Gasteiger partial charge in [0.1, 0.15) is 28.8 Å². The first-order valence-electron chi connectivity index (χ1n) is 19.2. The highest BCUT2D eigenvalue weighted by atomic mass is 16.6. The number of phenolic OH excluding ortho intramolecular Hbond substituents is 2. The number of hydrogen-bond acceptors (Lipinski definition) is 14. The van der Waals surface area contributed by atoms with Gasteiger partial charge in [-0.2, -0.15) is 0 Å². The number of nitrogens with zero attached hydrogens (tertiary/aromatic N) is 2. The average Bonchev–Trinajstić information content (AvgIpc) is 3.09. The zero-order valence-electron chi connectivity index (χ0n) is 33.8. The first kappa shape index (κ1) is 47.1. The van der Waals surface area contributed by atoms with Gasteiger partial charge in [0.15, 0.2) is 0 Å². The molecule has 0 aromatic heterocycles. The Morgan fingerprint density at radius 2 is 1.19 bits per heavy atom. The summed E-state index contributed by atoms with van der Waals surface area (Å²) in [6, 6.07) is 8.51. The molecular weight excluding hydrogens is 742 g/mol. The van der Waals surface area contributed by atoms with Gasteiger partial charge in [-0.15, -0.1) is 0 Å². The monoisotopic (exact) mass is 803 g/mol. The number of nitrogens with one attached hydrogen (secondary N) is 1. The van der Waals surface area contributed by atoms with E-state index in [9.17, 15) is 49.8 Å². The smallest absolute Gasteiger partial charge is 0.320 e. The number of carboxylic acid groups (broad SMARTS) is 1. The first-order valence-corrected chi connectivity index (χ1v) is 19.2. The Hall–Kier alpha value is -4.32. The van der Waals surface area contributed by atoms with Crippen LogP contribution >= 0.6 is 0 Å². The molecule has 1 fully saturated rings. The Labute approximate surface area is 334 Å². The second kappa shape index (κ2) is 20.9. The molecule has 3 rings (SSSR count). The number of aliphatic carboxylic acids is 1. The van der Waals surface area contributed by atoms with Crippen LogP contribution in [-0.4, -0.2) is 138 Å². The SMILES string of the molecule is CC(C)(C)OC(=O)CN(CCN(CC(=O)OC(C)(C)C)Cc1cc(CCC(=O)N[C@@H]2[C@@H](O)[C@H](O)[C@@H](CO)C[C@H]2O)ccc1O)Cc1cc(CCC(=O)O)ccc1O. The molecule has 0 spiro atoms. The van der Waals surface area contributed by atoms with Gasteiger partial charge in [0.25, 0.3) is 0 Å². The number of hydrogen-bond donors (Lipinski definition) is 8. The van der Waals surface area contributed by atoms with Gasteiger partial charge in [0.05, 0.1) is 31.3 Å². The maximum absolute atomic E-state index is 13.1. The molecule has 0 radical (unpaired) electrons. The highest BCUT2D eigenvalue weighted by Crippen LogP contribution is 2.27. The zero-order valence-corrected chi connectivity index (χ0v) is 33.8. The fourth-order valence-electron chi connectivity index (χ4n) is 6.59. The molecule has 0 aliphatic heterocycles. The van der Waals surface area contributed by atoms with E-state index in [2.05, 4.69) is 5.32 Å². The number of phenols is 2. The molecule has 1 saturated carbocycles. The van der Waals surface area contributed by atoms with Gasteiger partial charge in [0, 0.05) is 62.7 Å². The van der Waals surface area contributed by atoms with E-state index in [1.54, 1.807) is 75.6 Å². The summed E-state index contributed by atoms with van der Waals surface area (Å²) in [5, 5.41) is 74.0. The van der Waals surface area contributed by atoms with E-state index >= 15 is 0 Å². The standard InChI is InChI=1S/C41H61N3O13/c1-40(2,3)56-35(52)22-43(15-16-44(23-36(53)57-41(4,5)6)21-28-18-26(8-12-31(28)47)10-14-34(50)51)20-27-17-25(7-11-30(27)46)9-13-33(49)42-37-32(48)19-29(24-45)38(54)39(37)55/h7-8,11-12,17-18,29,32,37-39,45-48,54-55H,9-10,13-16,19-24H2,1-6H3,(H,42,49)(H,50,51)/t29-,32-,37+,38-,39-/m1/s1. The molecule has 1 amide bonds. The number of esters is 2. The van der Waals surface area contributed by atoms with Crippen molar-refractivity contribution >= 4 is 23.8 Å². The normalized spacial score (nSPS) is 20.0. The van der Waals surface area contributed by atoms with E-state index < -0.39 is 71.9 Å². The molecule has 0 unspecified atom stereocenters. The minimum atomic E-state index is -1.47. The minimum Gasteiger partial charge on any atom is -0.508 e. The molecule has 5 atom stereocenters. The van der Waals surface area contributed by atoms with E-state index in [1.165, 1.54) is 12.1 Å². The van der Waals surface area contributed by atoms with Gasteiger partial charge in [-0.1, -0.05) is 24.3 Å². The van der Waals surface area contributed by atoms with Gasteiger partial charge >= 0.3 is 17.9 Å². The predicted molar refractivity (Wildman–Crippen MR) is 208 cm³/mol. The molecular formula is C41H61N3O13. The third-order valence-electron chi connectivity index (χ3n) is 9.34. The number of aromatic hydroxyl groups is 2. The first-order chi connectivity index (χ1) is 26.5. The zero-order chi connectivity index (χ0) is 42.7. The number of carbonyl (C=O) groups excluding carboxylic acids is 3. The van der Waals surface area contributed by atoms with E-state index in [0.717, 1.165) is 0 Å². The van der Waals surface area contributed by atoms with Crippen molar-refractivity contribution < 1.29 is 64.4 Å². The molecule has 1 aliphatic carbocycles. The summed E-state index contributed by atoms with van der Waals surface area (Å²) in [5.74, 6) is -3.31. The highest BCUT2D eigenvalue weighted by molar-refractivity contribution is 5.76. The largest absolute Gasteiger partial charge is 0.508 e. The molecule has 0 saturated heterocycles. The van der Waals surface area contributed by atoms with Crippen LogP contribution in [0.4, 0.5) is 0 Å². The van der Waals surface area contributed by atoms with Crippen molar-refractivity contribution in [2.75, 3.05) is 32.8 Å². The van der Waals surface area contributed by atoms with Crippen molar-refractivity contribution in [2.45, 2.75) is 122 Å². The van der Waals surface area contributed by atoms with Crippen molar-refractivity contribution in [2.24, 2.45) is 5.92 Å². The van der Waals surface area contributed by atoms with Crippen LogP contribution in [0, 0.1) is 5.92 Å². The Bertz CT molecular complexity index is 1670. The van der Waals surface area contributed by atoms with Crippen molar-refractivity contribution in [3.8, 4) is 11.5 Å². The molecule has 0 bridgehead atoms. The lowest BCUT2D eigenvalue weighted by Gasteiger charge is -2.40. The summed E-state index contributed by atoms with van der Waals surface area (Å²) in [6.45, 7) is 10.2. The number of aryl methyl sites for hydroxylation is 2. The van der Waals surface area contributed by atoms with Gasteiger partial charge in [-0.25, -0.2) is 0 Å². The highest BCUT2D eigenvalue weighted by Gasteiger charge is 2.43. The number of amides is 1. The lowest BCUT2D eigenvalue weighted by molar-refractivity contribution is -0.158. The van der Waals surface area contributed by atoms with E-state index in [1.807, 2.05) is 0 Å². The van der Waals surface area contributed by atoms with Gasteiger partial charge in [-0.05, 0) is 84.1 Å². The molecule has 8 N–H and O–H groups in total. The van der Waals surface area contributed by atoms with Gasteiger partial charge in [-0.3, -0.25) is 29.0 Å². The van der Waals surface area contributed by atoms with Crippen LogP contribution in [0.2, 0.25) is 0 Å². The third-order valence-corrected chi connectivity index (χ3v) is 9.34. The number of ether oxygens (including phenoxy) is 2. The summed E-state index contributed by atoms with van der Waals surface area (Å²) in [7, 11) is 0. The Kier molecular flexibility index (Phi) is 17.3. The minimum absolute atomic E-state index is 0.00378. The summed E-state index contributed by atoms with van der Waals surface area (Å²) in [4.78, 5) is 53.7. The van der Waals surface area contributed by atoms with Gasteiger partial charge in [0.2, 0.25) is 5.91 Å². The molecule has 318 valence electrons. The summed E-state index contributed by atoms with van der Waals surface area (Å²) in [6.07, 6.45) is -3.64. The Balaban J connectivity index is 1.81. The van der Waals surface area contributed by atoms with Crippen LogP contribution in [0.1, 0.15) is 83.1 Å². The van der Waals surface area contributed by atoms with Crippen molar-refractivity contribution in [3.63, 3.8) is 0 Å². The lowest BCUT2D eigenvalue weighted by atomic mass is 9.79. The second-order valence-corrected chi connectivity index (χ2v) is 16.7. The molecule has 57 heavy (non-hydrogen) atoms. The van der Waals surface area contributed by atoms with Gasteiger partial charge < -0.3 is 50.5 Å². The Morgan fingerprint density at radius 1 is 0.737 bits per heavy atom. The molecule has 1 aliphatic rings. The number of carbonyl (C=O) groups is 4.